The highest BCUT2D eigenvalue weighted by atomic mass is 16.3. The van der Waals surface area contributed by atoms with Gasteiger partial charge in [0.2, 0.25) is 0 Å². The smallest absolute Gasteiger partial charge is 0.0587 e. The topological polar surface area (TPSA) is 58.3 Å². The van der Waals surface area contributed by atoms with Crippen molar-refractivity contribution in [3.8, 4) is 0 Å². The minimum Gasteiger partial charge on any atom is -0.398 e. The molecule has 0 amide bonds. The normalized spacial score (nSPS) is 12.3. The zero-order valence-electron chi connectivity index (χ0n) is 12.5. The molecule has 0 aromatic heterocycles. The number of aliphatic hydroxyl groups is 1. The lowest BCUT2D eigenvalue weighted by Gasteiger charge is -2.18. The third-order valence-electron chi connectivity index (χ3n) is 3.79. The average Bonchev–Trinajstić information content (AvgIpc) is 2.52. The maximum atomic E-state index is 9.56. The zero-order chi connectivity index (χ0) is 15.1. The molecule has 0 heterocycles. The zero-order valence-corrected chi connectivity index (χ0v) is 12.5. The van der Waals surface area contributed by atoms with Gasteiger partial charge in [0.1, 0.15) is 0 Å². The van der Waals surface area contributed by atoms with E-state index in [0.717, 1.165) is 25.1 Å². The van der Waals surface area contributed by atoms with Gasteiger partial charge in [0.15, 0.2) is 0 Å². The van der Waals surface area contributed by atoms with Crippen molar-refractivity contribution in [2.24, 2.45) is 0 Å². The molecule has 3 nitrogen and oxygen atoms in total. The number of benzene rings is 2. The number of aliphatic hydroxyl groups excluding tert-OH is 1. The van der Waals surface area contributed by atoms with Crippen LogP contribution < -0.4 is 11.1 Å². The monoisotopic (exact) mass is 284 g/mol. The first-order chi connectivity index (χ1) is 10.2. The van der Waals surface area contributed by atoms with Gasteiger partial charge < -0.3 is 16.2 Å². The Morgan fingerprint density at radius 2 is 1.86 bits per heavy atom. The van der Waals surface area contributed by atoms with Crippen LogP contribution in [0, 0.1) is 0 Å². The van der Waals surface area contributed by atoms with Crippen molar-refractivity contribution in [2.75, 3.05) is 12.3 Å². The van der Waals surface area contributed by atoms with Crippen LogP contribution in [0.1, 0.15) is 23.6 Å². The molecule has 0 radical (unpaired) electrons. The molecule has 2 rings (SSSR count). The van der Waals surface area contributed by atoms with Crippen molar-refractivity contribution in [3.05, 3.63) is 65.2 Å². The second-order valence-electron chi connectivity index (χ2n) is 5.29. The first-order valence-corrected chi connectivity index (χ1v) is 7.49. The van der Waals surface area contributed by atoms with Crippen molar-refractivity contribution in [3.63, 3.8) is 0 Å². The van der Waals surface area contributed by atoms with Crippen LogP contribution in [-0.2, 0) is 19.4 Å². The van der Waals surface area contributed by atoms with Crippen LogP contribution in [0.15, 0.2) is 48.5 Å². The summed E-state index contributed by atoms with van der Waals surface area (Å²) >= 11 is 0. The highest BCUT2D eigenvalue weighted by Crippen LogP contribution is 2.17. The third kappa shape index (κ3) is 4.31. The van der Waals surface area contributed by atoms with Gasteiger partial charge in [0.05, 0.1) is 6.61 Å². The minimum atomic E-state index is 0.0542. The van der Waals surface area contributed by atoms with E-state index in [2.05, 4.69) is 30.4 Å². The van der Waals surface area contributed by atoms with E-state index in [9.17, 15) is 5.11 Å². The van der Waals surface area contributed by atoms with Crippen LogP contribution in [0.25, 0.3) is 0 Å². The van der Waals surface area contributed by atoms with Gasteiger partial charge in [-0.2, -0.15) is 0 Å². The molecule has 0 fully saturated rings. The summed E-state index contributed by atoms with van der Waals surface area (Å²) in [5, 5.41) is 13.0. The fourth-order valence-corrected chi connectivity index (χ4v) is 2.61. The quantitative estimate of drug-likeness (QED) is 0.685. The van der Waals surface area contributed by atoms with Crippen LogP contribution in [0.2, 0.25) is 0 Å². The summed E-state index contributed by atoms with van der Waals surface area (Å²) < 4.78 is 0. The van der Waals surface area contributed by atoms with Gasteiger partial charge in [0.25, 0.3) is 0 Å². The molecule has 112 valence electrons. The van der Waals surface area contributed by atoms with Crippen LogP contribution in [0.3, 0.4) is 0 Å². The summed E-state index contributed by atoms with van der Waals surface area (Å²) in [6.45, 7) is 2.97. The number of hydrogen-bond acceptors (Lipinski definition) is 3. The van der Waals surface area contributed by atoms with Crippen molar-refractivity contribution in [1.29, 1.82) is 0 Å². The fraction of sp³-hybridized carbons (Fsp3) is 0.333. The molecule has 2 aromatic carbocycles. The van der Waals surface area contributed by atoms with E-state index < -0.39 is 0 Å². The molecule has 0 aliphatic heterocycles. The number of anilines is 1. The second-order valence-corrected chi connectivity index (χ2v) is 5.29. The Morgan fingerprint density at radius 3 is 2.52 bits per heavy atom. The summed E-state index contributed by atoms with van der Waals surface area (Å²) in [6, 6.07) is 16.3. The SMILES string of the molecule is CCc1c(N)cccc1CN[C@H](CO)Cc1ccccc1. The van der Waals surface area contributed by atoms with Gasteiger partial charge in [-0.15, -0.1) is 0 Å². The lowest BCUT2D eigenvalue weighted by molar-refractivity contribution is 0.240. The predicted octanol–water partition coefficient (Wildman–Crippen LogP) is 2.52. The maximum Gasteiger partial charge on any atom is 0.0587 e. The average molecular weight is 284 g/mol. The molecule has 3 heteroatoms. The van der Waals surface area contributed by atoms with Crippen molar-refractivity contribution in [1.82, 2.24) is 5.32 Å². The molecule has 0 unspecified atom stereocenters. The summed E-state index contributed by atoms with van der Waals surface area (Å²) in [5.41, 5.74) is 10.5. The Labute approximate surface area is 126 Å². The number of nitrogens with two attached hydrogens (primary N) is 1. The van der Waals surface area contributed by atoms with Gasteiger partial charge in [-0.1, -0.05) is 49.4 Å². The molecule has 0 spiro atoms. The van der Waals surface area contributed by atoms with E-state index in [1.807, 2.05) is 30.3 Å². The molecule has 0 aliphatic carbocycles. The fourth-order valence-electron chi connectivity index (χ4n) is 2.61. The van der Waals surface area contributed by atoms with E-state index in [0.29, 0.717) is 0 Å². The van der Waals surface area contributed by atoms with Gasteiger partial charge in [-0.3, -0.25) is 0 Å². The summed E-state index contributed by atoms with van der Waals surface area (Å²) in [6.07, 6.45) is 1.74. The maximum absolute atomic E-state index is 9.56. The standard InChI is InChI=1S/C18H24N2O/c1-2-17-15(9-6-10-18(17)19)12-20-16(13-21)11-14-7-4-3-5-8-14/h3-10,16,20-21H,2,11-13,19H2,1H3/t16-/m0/s1. The first kappa shape index (κ1) is 15.5. The molecule has 2 aromatic rings. The Kier molecular flexibility index (Phi) is 5.78. The highest BCUT2D eigenvalue weighted by molar-refractivity contribution is 5.50. The summed E-state index contributed by atoms with van der Waals surface area (Å²) in [7, 11) is 0. The molecule has 0 aliphatic rings. The molecule has 4 N–H and O–H groups in total. The predicted molar refractivity (Wildman–Crippen MR) is 88.1 cm³/mol. The largest absolute Gasteiger partial charge is 0.398 e. The van der Waals surface area contributed by atoms with Crippen LogP contribution in [0.5, 0.6) is 0 Å². The van der Waals surface area contributed by atoms with Crippen LogP contribution >= 0.6 is 0 Å². The van der Waals surface area contributed by atoms with E-state index in [1.54, 1.807) is 0 Å². The summed E-state index contributed by atoms with van der Waals surface area (Å²) in [5.74, 6) is 0. The van der Waals surface area contributed by atoms with Gasteiger partial charge in [-0.25, -0.2) is 0 Å². The van der Waals surface area contributed by atoms with Gasteiger partial charge >= 0.3 is 0 Å². The van der Waals surface area contributed by atoms with E-state index in [-0.39, 0.29) is 12.6 Å². The number of rotatable bonds is 7. The van der Waals surface area contributed by atoms with Crippen molar-refractivity contribution in [2.45, 2.75) is 32.4 Å². The third-order valence-corrected chi connectivity index (χ3v) is 3.79. The molecule has 0 saturated heterocycles. The van der Waals surface area contributed by atoms with Crippen LogP contribution in [-0.4, -0.2) is 17.8 Å². The molecule has 21 heavy (non-hydrogen) atoms. The lowest BCUT2D eigenvalue weighted by atomic mass is 10.0. The minimum absolute atomic E-state index is 0.0542. The molecular formula is C18H24N2O. The first-order valence-electron chi connectivity index (χ1n) is 7.49. The lowest BCUT2D eigenvalue weighted by Crippen LogP contribution is -2.34. The van der Waals surface area contributed by atoms with Crippen molar-refractivity contribution >= 4 is 5.69 Å². The number of hydrogen-bond donors (Lipinski definition) is 3. The Balaban J connectivity index is 1.99. The van der Waals surface area contributed by atoms with Crippen molar-refractivity contribution < 1.29 is 5.11 Å². The molecule has 0 bridgehead atoms. The Bertz CT molecular complexity index is 554. The Hall–Kier alpha value is -1.84. The van der Waals surface area contributed by atoms with E-state index in [1.165, 1.54) is 16.7 Å². The molecule has 1 atom stereocenters. The van der Waals surface area contributed by atoms with Crippen LogP contribution in [0.4, 0.5) is 5.69 Å². The number of nitrogen functional groups attached to an aromatic ring is 1. The van der Waals surface area contributed by atoms with E-state index >= 15 is 0 Å². The molecule has 0 saturated carbocycles. The number of nitrogens with one attached hydrogen (secondary N) is 1. The second kappa shape index (κ2) is 7.81. The molecular weight excluding hydrogens is 260 g/mol. The highest BCUT2D eigenvalue weighted by Gasteiger charge is 2.10. The van der Waals surface area contributed by atoms with Gasteiger partial charge in [0, 0.05) is 18.3 Å². The summed E-state index contributed by atoms with van der Waals surface area (Å²) in [4.78, 5) is 0. The Morgan fingerprint density at radius 1 is 1.10 bits per heavy atom. The van der Waals surface area contributed by atoms with E-state index in [4.69, 9.17) is 5.73 Å². The van der Waals surface area contributed by atoms with Gasteiger partial charge in [-0.05, 0) is 35.6 Å².